The van der Waals surface area contributed by atoms with Gasteiger partial charge in [0.1, 0.15) is 6.04 Å². The molecule has 0 aliphatic heterocycles. The van der Waals surface area contributed by atoms with Crippen LogP contribution >= 0.6 is 0 Å². The molecule has 0 aliphatic rings. The molecule has 30 heavy (non-hydrogen) atoms. The highest BCUT2D eigenvalue weighted by molar-refractivity contribution is 5.96. The number of carbonyl (C=O) groups excluding carboxylic acids is 3. The summed E-state index contributed by atoms with van der Waals surface area (Å²) in [7, 11) is 1.85. The van der Waals surface area contributed by atoms with E-state index >= 15 is 0 Å². The molecule has 0 bridgehead atoms. The average Bonchev–Trinajstić information content (AvgIpc) is 2.74. The van der Waals surface area contributed by atoms with Gasteiger partial charge in [-0.25, -0.2) is 0 Å². The van der Waals surface area contributed by atoms with E-state index in [0.717, 1.165) is 6.54 Å². The van der Waals surface area contributed by atoms with E-state index in [9.17, 15) is 14.4 Å². The second kappa shape index (κ2) is 15.2. The Labute approximate surface area is 177 Å². The van der Waals surface area contributed by atoms with Crippen molar-refractivity contribution in [3.8, 4) is 5.75 Å². The molecule has 0 heterocycles. The van der Waals surface area contributed by atoms with Crippen molar-refractivity contribution in [2.45, 2.75) is 32.7 Å². The summed E-state index contributed by atoms with van der Waals surface area (Å²) in [6.45, 7) is 5.83. The van der Waals surface area contributed by atoms with Crippen LogP contribution in [0.15, 0.2) is 24.3 Å². The van der Waals surface area contributed by atoms with Crippen molar-refractivity contribution < 1.29 is 28.7 Å². The second-order valence-electron chi connectivity index (χ2n) is 6.36. The molecule has 10 heteroatoms. The van der Waals surface area contributed by atoms with Crippen LogP contribution in [-0.2, 0) is 23.9 Å². The number of nitrogens with one attached hydrogen (secondary N) is 4. The third-order valence-electron chi connectivity index (χ3n) is 3.84. The number of hydroxylamine groups is 1. The van der Waals surface area contributed by atoms with Gasteiger partial charge in [-0.05, 0) is 38.2 Å². The van der Waals surface area contributed by atoms with Crippen molar-refractivity contribution in [1.29, 1.82) is 0 Å². The molecule has 0 unspecified atom stereocenters. The minimum absolute atomic E-state index is 0.156. The molecule has 1 rings (SSSR count). The van der Waals surface area contributed by atoms with Crippen molar-refractivity contribution in [3.63, 3.8) is 0 Å². The molecule has 1 aromatic rings. The molecule has 168 valence electrons. The number of rotatable bonds is 15. The number of anilines is 1. The third-order valence-corrected chi connectivity index (χ3v) is 3.84. The van der Waals surface area contributed by atoms with E-state index in [2.05, 4.69) is 21.4 Å². The molecule has 3 amide bonds. The van der Waals surface area contributed by atoms with Crippen LogP contribution in [0.4, 0.5) is 5.69 Å². The van der Waals surface area contributed by atoms with E-state index in [0.29, 0.717) is 37.7 Å². The predicted molar refractivity (Wildman–Crippen MR) is 112 cm³/mol. The maximum atomic E-state index is 12.2. The molecule has 1 atom stereocenters. The number of benzene rings is 1. The summed E-state index contributed by atoms with van der Waals surface area (Å²) < 4.78 is 10.6. The summed E-state index contributed by atoms with van der Waals surface area (Å²) in [5.41, 5.74) is 2.83. The number of likely N-dealkylation sites (N-methyl/N-ethyl adjacent to an activating group) is 1. The Morgan fingerprint density at radius 3 is 2.27 bits per heavy atom. The first-order valence-electron chi connectivity index (χ1n) is 9.92. The number of ether oxygens (including phenoxy) is 2. The fourth-order valence-corrected chi connectivity index (χ4v) is 2.09. The fraction of sp³-hybridized carbons (Fsp3) is 0.550. The van der Waals surface area contributed by atoms with E-state index in [-0.39, 0.29) is 30.7 Å². The van der Waals surface area contributed by atoms with E-state index in [1.165, 1.54) is 0 Å². The Morgan fingerprint density at radius 1 is 0.967 bits per heavy atom. The lowest BCUT2D eigenvalue weighted by Gasteiger charge is -2.14. The molecule has 4 N–H and O–H groups in total. The van der Waals surface area contributed by atoms with Gasteiger partial charge in [-0.1, -0.05) is 6.92 Å². The van der Waals surface area contributed by atoms with Gasteiger partial charge in [-0.3, -0.25) is 14.4 Å². The summed E-state index contributed by atoms with van der Waals surface area (Å²) in [6, 6.07) is 5.77. The Hall–Kier alpha value is -2.69. The zero-order valence-electron chi connectivity index (χ0n) is 17.8. The highest BCUT2D eigenvalue weighted by Crippen LogP contribution is 2.15. The van der Waals surface area contributed by atoms with E-state index in [1.54, 1.807) is 38.1 Å². The van der Waals surface area contributed by atoms with E-state index in [4.69, 9.17) is 14.3 Å². The van der Waals surface area contributed by atoms with Crippen LogP contribution in [0.5, 0.6) is 5.75 Å². The summed E-state index contributed by atoms with van der Waals surface area (Å²) in [5.74, 6) is -0.428. The van der Waals surface area contributed by atoms with Crippen LogP contribution in [0.2, 0.25) is 0 Å². The smallest absolute Gasteiger partial charge is 0.252 e. The predicted octanol–water partition coefficient (Wildman–Crippen LogP) is 0.593. The number of hydrogen-bond acceptors (Lipinski definition) is 7. The molecule has 0 spiro atoms. The largest absolute Gasteiger partial charge is 0.380 e. The van der Waals surface area contributed by atoms with Crippen LogP contribution < -0.4 is 26.3 Å². The van der Waals surface area contributed by atoms with Crippen LogP contribution in [-0.4, -0.2) is 63.8 Å². The Morgan fingerprint density at radius 2 is 1.63 bits per heavy atom. The number of carbonyl (C=O) groups is 3. The van der Waals surface area contributed by atoms with Gasteiger partial charge in [-0.15, -0.1) is 0 Å². The van der Waals surface area contributed by atoms with Crippen LogP contribution in [0, 0.1) is 0 Å². The molecule has 0 saturated heterocycles. The molecule has 0 aromatic heterocycles. The zero-order valence-corrected chi connectivity index (χ0v) is 17.8. The first kappa shape index (κ1) is 25.3. The minimum Gasteiger partial charge on any atom is -0.380 e. The minimum atomic E-state index is -0.706. The van der Waals surface area contributed by atoms with Gasteiger partial charge < -0.3 is 30.3 Å². The van der Waals surface area contributed by atoms with Crippen LogP contribution in [0.1, 0.15) is 26.7 Å². The summed E-state index contributed by atoms with van der Waals surface area (Å²) in [4.78, 5) is 40.4. The lowest BCUT2D eigenvalue weighted by Crippen LogP contribution is -2.41. The topological polar surface area (TPSA) is 127 Å². The standard InChI is InChI=1S/C20H32N4O6/c1-4-18(25)24-30-17-7-5-16(6-8-17)23-20(27)15(2)22-19(26)9-11-28-13-14-29-12-10-21-3/h5-8,15,21H,4,9-14H2,1-3H3,(H,22,26)(H,23,27)(H,24,25)/t15-/m0/s1. The highest BCUT2D eigenvalue weighted by Gasteiger charge is 2.15. The number of hydrogen-bond donors (Lipinski definition) is 4. The molecule has 1 aromatic carbocycles. The monoisotopic (exact) mass is 424 g/mol. The first-order chi connectivity index (χ1) is 14.5. The molecule has 0 saturated carbocycles. The number of amides is 3. The van der Waals surface area contributed by atoms with Crippen LogP contribution in [0.3, 0.4) is 0 Å². The quantitative estimate of drug-likeness (QED) is 0.240. The van der Waals surface area contributed by atoms with Crippen molar-refractivity contribution >= 4 is 23.4 Å². The molecular weight excluding hydrogens is 392 g/mol. The van der Waals surface area contributed by atoms with Gasteiger partial charge in [-0.2, -0.15) is 5.48 Å². The summed E-state index contributed by atoms with van der Waals surface area (Å²) >= 11 is 0. The Balaban J connectivity index is 2.23. The maximum Gasteiger partial charge on any atom is 0.252 e. The van der Waals surface area contributed by atoms with Crippen molar-refractivity contribution in [2.75, 3.05) is 45.3 Å². The summed E-state index contributed by atoms with van der Waals surface area (Å²) in [6.07, 6.45) is 0.471. The lowest BCUT2D eigenvalue weighted by atomic mass is 10.2. The van der Waals surface area contributed by atoms with Gasteiger partial charge in [0.15, 0.2) is 5.75 Å². The van der Waals surface area contributed by atoms with Crippen molar-refractivity contribution in [1.82, 2.24) is 16.1 Å². The van der Waals surface area contributed by atoms with Gasteiger partial charge in [0.2, 0.25) is 11.8 Å². The Kier molecular flexibility index (Phi) is 12.8. The van der Waals surface area contributed by atoms with E-state index < -0.39 is 6.04 Å². The lowest BCUT2D eigenvalue weighted by molar-refractivity contribution is -0.127. The first-order valence-corrected chi connectivity index (χ1v) is 9.92. The van der Waals surface area contributed by atoms with Crippen LogP contribution in [0.25, 0.3) is 0 Å². The fourth-order valence-electron chi connectivity index (χ4n) is 2.09. The van der Waals surface area contributed by atoms with Crippen molar-refractivity contribution in [2.24, 2.45) is 0 Å². The van der Waals surface area contributed by atoms with E-state index in [1.807, 2.05) is 7.05 Å². The van der Waals surface area contributed by atoms with Gasteiger partial charge >= 0.3 is 0 Å². The summed E-state index contributed by atoms with van der Waals surface area (Å²) in [5, 5.41) is 8.30. The van der Waals surface area contributed by atoms with Gasteiger partial charge in [0, 0.05) is 25.1 Å². The molecule has 10 nitrogen and oxygen atoms in total. The molecular formula is C20H32N4O6. The van der Waals surface area contributed by atoms with Crippen molar-refractivity contribution in [3.05, 3.63) is 24.3 Å². The normalized spacial score (nSPS) is 11.4. The zero-order chi connectivity index (χ0) is 22.2. The maximum absolute atomic E-state index is 12.2. The molecule has 0 aliphatic carbocycles. The SMILES string of the molecule is CCC(=O)NOc1ccc(NC(=O)[C@H](C)NC(=O)CCOCCOCCNC)cc1. The average molecular weight is 424 g/mol. The third kappa shape index (κ3) is 11.3. The van der Waals surface area contributed by atoms with Gasteiger partial charge in [0.05, 0.1) is 26.4 Å². The second-order valence-corrected chi connectivity index (χ2v) is 6.36. The highest BCUT2D eigenvalue weighted by atomic mass is 16.7. The molecule has 0 radical (unpaired) electrons. The van der Waals surface area contributed by atoms with Gasteiger partial charge in [0.25, 0.3) is 5.91 Å². The molecule has 0 fully saturated rings. The Bertz CT molecular complexity index is 653.